The first-order valence-electron chi connectivity index (χ1n) is 12.1. The molecule has 2 aromatic rings. The van der Waals surface area contributed by atoms with Gasteiger partial charge in [-0.3, -0.25) is 9.52 Å². The monoisotopic (exact) mass is 489 g/mol. The van der Waals surface area contributed by atoms with E-state index < -0.39 is 0 Å². The van der Waals surface area contributed by atoms with Gasteiger partial charge in [-0.05, 0) is 50.3 Å². The molecule has 9 nitrogen and oxygen atoms in total. The van der Waals surface area contributed by atoms with Gasteiger partial charge in [0.1, 0.15) is 5.82 Å². The Kier molecular flexibility index (Phi) is 7.04. The van der Waals surface area contributed by atoms with Crippen LogP contribution < -0.4 is 9.62 Å². The van der Waals surface area contributed by atoms with E-state index in [1.165, 1.54) is 12.8 Å². The van der Waals surface area contributed by atoms with Crippen LogP contribution in [0.5, 0.6) is 0 Å². The van der Waals surface area contributed by atoms with E-state index >= 15 is 0 Å². The molecule has 0 spiro atoms. The van der Waals surface area contributed by atoms with Gasteiger partial charge in [-0.2, -0.15) is 5.10 Å². The Morgan fingerprint density at radius 1 is 1.24 bits per heavy atom. The first-order chi connectivity index (χ1) is 16.5. The number of amides is 1. The number of methoxy groups -OCH3 is 2. The smallest absolute Gasteiger partial charge is 0.257 e. The highest BCUT2D eigenvalue weighted by Gasteiger charge is 2.37. The van der Waals surface area contributed by atoms with Crippen LogP contribution in [0.4, 0.5) is 5.82 Å². The number of anilines is 1. The number of nitrogens with zero attached hydrogens (tertiary/aromatic N) is 4. The summed E-state index contributed by atoms with van der Waals surface area (Å²) in [6.45, 7) is 7.08. The molecule has 186 valence electrons. The van der Waals surface area contributed by atoms with E-state index in [1.54, 1.807) is 32.4 Å². The summed E-state index contributed by atoms with van der Waals surface area (Å²) < 4.78 is 22.0. The first-order valence-corrected chi connectivity index (χ1v) is 12.9. The molecule has 10 heteroatoms. The van der Waals surface area contributed by atoms with E-state index in [-0.39, 0.29) is 17.6 Å². The fourth-order valence-corrected chi connectivity index (χ4v) is 5.64. The van der Waals surface area contributed by atoms with E-state index in [9.17, 15) is 4.79 Å². The van der Waals surface area contributed by atoms with Gasteiger partial charge in [0.2, 0.25) is 0 Å². The zero-order chi connectivity index (χ0) is 23.7. The van der Waals surface area contributed by atoms with Crippen molar-refractivity contribution < 1.29 is 19.0 Å². The highest BCUT2D eigenvalue weighted by Crippen LogP contribution is 2.38. The van der Waals surface area contributed by atoms with Crippen molar-refractivity contribution in [2.24, 2.45) is 5.92 Å². The highest BCUT2D eigenvalue weighted by molar-refractivity contribution is 7.97. The predicted molar refractivity (Wildman–Crippen MR) is 132 cm³/mol. The minimum Gasteiger partial charge on any atom is -0.384 e. The zero-order valence-electron chi connectivity index (χ0n) is 20.3. The van der Waals surface area contributed by atoms with Gasteiger partial charge in [-0.1, -0.05) is 0 Å². The zero-order valence-corrected chi connectivity index (χ0v) is 21.1. The van der Waals surface area contributed by atoms with E-state index in [0.717, 1.165) is 48.8 Å². The number of carbonyl (C=O) groups excluding carboxylic acids is 1. The second kappa shape index (κ2) is 10.0. The van der Waals surface area contributed by atoms with Crippen LogP contribution in [0.15, 0.2) is 23.2 Å². The third-order valence-corrected chi connectivity index (χ3v) is 8.08. The van der Waals surface area contributed by atoms with E-state index in [2.05, 4.69) is 33.8 Å². The van der Waals surface area contributed by atoms with E-state index in [1.807, 2.05) is 9.42 Å². The molecule has 4 heterocycles. The third kappa shape index (κ3) is 5.06. The maximum Gasteiger partial charge on any atom is 0.257 e. The summed E-state index contributed by atoms with van der Waals surface area (Å²) in [5.74, 6) is 1.42. The van der Waals surface area contributed by atoms with Crippen molar-refractivity contribution in [3.05, 3.63) is 23.9 Å². The van der Waals surface area contributed by atoms with Crippen LogP contribution in [0.2, 0.25) is 0 Å². The molecule has 2 atom stereocenters. The summed E-state index contributed by atoms with van der Waals surface area (Å²) in [5.41, 5.74) is 1.70. The maximum absolute atomic E-state index is 13.5. The minimum absolute atomic E-state index is 0.00703. The van der Waals surface area contributed by atoms with E-state index in [0.29, 0.717) is 31.3 Å². The molecule has 3 aliphatic rings. The number of pyridine rings is 1. The average molecular weight is 490 g/mol. The molecule has 2 saturated heterocycles. The van der Waals surface area contributed by atoms with Crippen molar-refractivity contribution in [2.45, 2.75) is 42.7 Å². The lowest BCUT2D eigenvalue weighted by Gasteiger charge is -2.34. The summed E-state index contributed by atoms with van der Waals surface area (Å²) in [4.78, 5) is 18.8. The van der Waals surface area contributed by atoms with Gasteiger partial charge >= 0.3 is 0 Å². The van der Waals surface area contributed by atoms with Gasteiger partial charge in [-0.25, -0.2) is 4.52 Å². The Labute approximate surface area is 205 Å². The Morgan fingerprint density at radius 3 is 2.82 bits per heavy atom. The Bertz CT molecular complexity index is 1020. The molecule has 2 aromatic heterocycles. The van der Waals surface area contributed by atoms with Gasteiger partial charge in [-0.15, -0.1) is 0 Å². The number of hydrogen-bond donors (Lipinski definition) is 1. The quantitative estimate of drug-likeness (QED) is 0.538. The standard InChI is InChI=1S/C24H35N5O4S/c1-24(5-6-24)26-34-19-10-21-20(23(30)28-7-4-17(13-28)15-31-2)12-25-29(21)22(11-19)27-8-9-33-18(14-27)16-32-3/h10-12,17-18,26H,4-9,13-16H2,1-3H3. The number of ether oxygens (including phenoxy) is 3. The average Bonchev–Trinajstić information content (AvgIpc) is 3.22. The van der Waals surface area contributed by atoms with Gasteiger partial charge in [0.05, 0.1) is 43.2 Å². The predicted octanol–water partition coefficient (Wildman–Crippen LogP) is 2.44. The summed E-state index contributed by atoms with van der Waals surface area (Å²) in [7, 11) is 3.41. The van der Waals surface area contributed by atoms with Crippen LogP contribution in [-0.4, -0.2) is 92.3 Å². The first kappa shape index (κ1) is 23.9. The van der Waals surface area contributed by atoms with Gasteiger partial charge in [0.25, 0.3) is 5.91 Å². The summed E-state index contributed by atoms with van der Waals surface area (Å²) in [5, 5.41) is 4.68. The molecular weight excluding hydrogens is 454 g/mol. The molecule has 2 unspecified atom stereocenters. The molecule has 1 amide bonds. The molecular formula is C24H35N5O4S. The molecule has 3 fully saturated rings. The number of rotatable bonds is 9. The molecule has 0 radical (unpaired) electrons. The Hall–Kier alpha value is -1.85. The van der Waals surface area contributed by atoms with Crippen LogP contribution in [0, 0.1) is 5.92 Å². The second-order valence-electron chi connectivity index (χ2n) is 9.92. The topological polar surface area (TPSA) is 80.6 Å². The van der Waals surface area contributed by atoms with Crippen molar-refractivity contribution in [3.63, 3.8) is 0 Å². The maximum atomic E-state index is 13.5. The molecule has 0 bridgehead atoms. The van der Waals surface area contributed by atoms with Crippen molar-refractivity contribution in [1.29, 1.82) is 0 Å². The summed E-state index contributed by atoms with van der Waals surface area (Å²) >= 11 is 1.64. The van der Waals surface area contributed by atoms with Gasteiger partial charge in [0, 0.05) is 56.8 Å². The van der Waals surface area contributed by atoms with Crippen molar-refractivity contribution >= 4 is 29.2 Å². The van der Waals surface area contributed by atoms with Crippen LogP contribution >= 0.6 is 11.9 Å². The molecule has 34 heavy (non-hydrogen) atoms. The van der Waals surface area contributed by atoms with E-state index in [4.69, 9.17) is 14.2 Å². The third-order valence-electron chi connectivity index (χ3n) is 7.01. The van der Waals surface area contributed by atoms with Crippen molar-refractivity contribution in [3.8, 4) is 0 Å². The Morgan fingerprint density at radius 2 is 2.06 bits per heavy atom. The number of hydrogen-bond acceptors (Lipinski definition) is 8. The lowest BCUT2D eigenvalue weighted by molar-refractivity contribution is -0.0103. The lowest BCUT2D eigenvalue weighted by atomic mass is 10.1. The highest BCUT2D eigenvalue weighted by atomic mass is 32.2. The minimum atomic E-state index is 0.00703. The number of morpholine rings is 1. The number of carbonyl (C=O) groups is 1. The second-order valence-corrected chi connectivity index (χ2v) is 10.8. The molecule has 2 aliphatic heterocycles. The van der Waals surface area contributed by atoms with Gasteiger partial charge < -0.3 is 24.0 Å². The number of likely N-dealkylation sites (tertiary alicyclic amines) is 1. The molecule has 0 aromatic carbocycles. The van der Waals surface area contributed by atoms with Crippen LogP contribution in [0.3, 0.4) is 0 Å². The fraction of sp³-hybridized carbons (Fsp3) is 0.667. The molecule has 5 rings (SSSR count). The normalized spacial score (nSPS) is 24.2. The van der Waals surface area contributed by atoms with Gasteiger partial charge in [0.15, 0.2) is 0 Å². The van der Waals surface area contributed by atoms with Crippen LogP contribution in [-0.2, 0) is 14.2 Å². The molecule has 1 saturated carbocycles. The number of nitrogens with one attached hydrogen (secondary N) is 1. The summed E-state index contributed by atoms with van der Waals surface area (Å²) in [6.07, 6.45) is 5.08. The van der Waals surface area contributed by atoms with Crippen molar-refractivity contribution in [2.75, 3.05) is 65.1 Å². The SMILES string of the molecule is COCC1CCN(C(=O)c2cnn3c(N4CCOC(COC)C4)cc(SNC4(C)CC4)cc23)C1. The molecule has 1 aliphatic carbocycles. The van der Waals surface area contributed by atoms with Crippen molar-refractivity contribution in [1.82, 2.24) is 19.2 Å². The summed E-state index contributed by atoms with van der Waals surface area (Å²) in [6, 6.07) is 4.25. The number of aromatic nitrogens is 2. The molecule has 1 N–H and O–H groups in total. The lowest BCUT2D eigenvalue weighted by Crippen LogP contribution is -2.45. The van der Waals surface area contributed by atoms with Crippen LogP contribution in [0.25, 0.3) is 5.52 Å². The fourth-order valence-electron chi connectivity index (χ4n) is 4.74. The Balaban J connectivity index is 1.46. The number of fused-ring (bicyclic) bond motifs is 1. The van der Waals surface area contributed by atoms with Crippen LogP contribution in [0.1, 0.15) is 36.5 Å². The largest absolute Gasteiger partial charge is 0.384 e.